The molecule has 1 heterocycles. The van der Waals surface area contributed by atoms with Crippen molar-refractivity contribution < 1.29 is 9.32 Å². The van der Waals surface area contributed by atoms with Gasteiger partial charge in [0.1, 0.15) is 0 Å². The molecule has 1 aromatic heterocycles. The van der Waals surface area contributed by atoms with Crippen molar-refractivity contribution in [1.29, 1.82) is 0 Å². The summed E-state index contributed by atoms with van der Waals surface area (Å²) in [7, 11) is 1.73. The van der Waals surface area contributed by atoms with Crippen molar-refractivity contribution in [2.45, 2.75) is 20.3 Å². The van der Waals surface area contributed by atoms with Crippen LogP contribution in [0.4, 0.5) is 10.5 Å². The molecule has 27 heavy (non-hydrogen) atoms. The molecule has 0 fully saturated rings. The van der Waals surface area contributed by atoms with Gasteiger partial charge in [0, 0.05) is 25.7 Å². The summed E-state index contributed by atoms with van der Waals surface area (Å²) in [6, 6.07) is 13.0. The number of nitrogens with zero attached hydrogens (tertiary/aromatic N) is 3. The Labute approximate surface area is 163 Å². The summed E-state index contributed by atoms with van der Waals surface area (Å²) < 4.78 is 5.28. The van der Waals surface area contributed by atoms with Crippen LogP contribution in [0, 0.1) is 13.8 Å². The number of urea groups is 1. The highest BCUT2D eigenvalue weighted by molar-refractivity contribution is 6.33. The molecule has 2 amide bonds. The normalized spacial score (nSPS) is 10.7. The number of carbonyl (C=O) groups is 1. The highest BCUT2D eigenvalue weighted by Crippen LogP contribution is 2.25. The predicted octanol–water partition coefficient (Wildman–Crippen LogP) is 4.71. The lowest BCUT2D eigenvalue weighted by molar-refractivity contribution is 0.222. The van der Waals surface area contributed by atoms with E-state index in [2.05, 4.69) is 21.5 Å². The van der Waals surface area contributed by atoms with Crippen LogP contribution in [0.15, 0.2) is 47.0 Å². The van der Waals surface area contributed by atoms with E-state index in [0.29, 0.717) is 35.3 Å². The van der Waals surface area contributed by atoms with Crippen molar-refractivity contribution in [3.05, 3.63) is 64.4 Å². The number of halogens is 1. The van der Waals surface area contributed by atoms with Gasteiger partial charge in [0.25, 0.3) is 5.89 Å². The molecule has 0 atom stereocenters. The molecule has 7 heteroatoms. The van der Waals surface area contributed by atoms with Gasteiger partial charge >= 0.3 is 6.03 Å². The molecular weight excluding hydrogens is 364 g/mol. The third-order valence-electron chi connectivity index (χ3n) is 4.06. The van der Waals surface area contributed by atoms with E-state index >= 15 is 0 Å². The lowest BCUT2D eigenvalue weighted by atomic mass is 10.1. The molecule has 0 aliphatic carbocycles. The van der Waals surface area contributed by atoms with Gasteiger partial charge in [-0.2, -0.15) is 4.98 Å². The minimum atomic E-state index is -0.185. The molecule has 0 spiro atoms. The Morgan fingerprint density at radius 3 is 2.59 bits per heavy atom. The summed E-state index contributed by atoms with van der Waals surface area (Å²) in [5, 5.41) is 7.43. The molecule has 2 aromatic carbocycles. The zero-order valence-electron chi connectivity index (χ0n) is 15.5. The SMILES string of the molecule is Cc1cc(C)cc(NC(=O)N(C)CCc2noc(-c3ccccc3Cl)n2)c1. The van der Waals surface area contributed by atoms with Crippen molar-refractivity contribution >= 4 is 23.3 Å². The first-order valence-corrected chi connectivity index (χ1v) is 8.98. The number of hydrogen-bond donors (Lipinski definition) is 1. The predicted molar refractivity (Wildman–Crippen MR) is 106 cm³/mol. The van der Waals surface area contributed by atoms with Gasteiger partial charge in [0.15, 0.2) is 5.82 Å². The number of hydrogen-bond acceptors (Lipinski definition) is 4. The summed E-state index contributed by atoms with van der Waals surface area (Å²) in [5.74, 6) is 0.897. The van der Waals surface area contributed by atoms with Crippen molar-refractivity contribution in [3.8, 4) is 11.5 Å². The van der Waals surface area contributed by atoms with Crippen molar-refractivity contribution in [2.75, 3.05) is 18.9 Å². The molecule has 0 saturated carbocycles. The maximum atomic E-state index is 12.4. The minimum absolute atomic E-state index is 0.185. The third-order valence-corrected chi connectivity index (χ3v) is 4.39. The second-order valence-electron chi connectivity index (χ2n) is 6.47. The first-order chi connectivity index (χ1) is 12.9. The molecule has 0 radical (unpaired) electrons. The van der Waals surface area contributed by atoms with Crippen molar-refractivity contribution in [3.63, 3.8) is 0 Å². The lowest BCUT2D eigenvalue weighted by Gasteiger charge is -2.17. The van der Waals surface area contributed by atoms with Crippen molar-refractivity contribution in [1.82, 2.24) is 15.0 Å². The van der Waals surface area contributed by atoms with E-state index in [1.54, 1.807) is 18.0 Å². The number of rotatable bonds is 5. The fourth-order valence-electron chi connectivity index (χ4n) is 2.73. The molecule has 1 N–H and O–H groups in total. The van der Waals surface area contributed by atoms with E-state index in [1.165, 1.54) is 0 Å². The molecule has 0 aliphatic heterocycles. The fourth-order valence-corrected chi connectivity index (χ4v) is 2.95. The Bertz CT molecular complexity index is 934. The summed E-state index contributed by atoms with van der Waals surface area (Å²) in [5.41, 5.74) is 3.68. The smallest absolute Gasteiger partial charge is 0.321 e. The Morgan fingerprint density at radius 1 is 1.19 bits per heavy atom. The average Bonchev–Trinajstić information content (AvgIpc) is 3.07. The van der Waals surface area contributed by atoms with Gasteiger partial charge in [-0.05, 0) is 49.2 Å². The van der Waals surface area contributed by atoms with Crippen LogP contribution in [-0.4, -0.2) is 34.7 Å². The van der Waals surface area contributed by atoms with E-state index in [1.807, 2.05) is 44.2 Å². The van der Waals surface area contributed by atoms with Gasteiger partial charge in [-0.15, -0.1) is 0 Å². The quantitative estimate of drug-likeness (QED) is 0.691. The topological polar surface area (TPSA) is 71.3 Å². The van der Waals surface area contributed by atoms with Crippen LogP contribution in [0.2, 0.25) is 5.02 Å². The number of anilines is 1. The summed E-state index contributed by atoms with van der Waals surface area (Å²) in [6.07, 6.45) is 0.477. The van der Waals surface area contributed by atoms with Gasteiger partial charge in [-0.1, -0.05) is 35.0 Å². The first kappa shape index (κ1) is 18.9. The van der Waals surface area contributed by atoms with Gasteiger partial charge < -0.3 is 14.7 Å². The van der Waals surface area contributed by atoms with E-state index in [9.17, 15) is 4.79 Å². The summed E-state index contributed by atoms with van der Waals surface area (Å²) in [4.78, 5) is 18.3. The molecule has 0 unspecified atom stereocenters. The number of nitrogens with one attached hydrogen (secondary N) is 1. The number of carbonyl (C=O) groups excluding carboxylic acids is 1. The van der Waals surface area contributed by atoms with Crippen LogP contribution in [0.5, 0.6) is 0 Å². The maximum absolute atomic E-state index is 12.4. The van der Waals surface area contributed by atoms with Gasteiger partial charge in [-0.3, -0.25) is 0 Å². The number of aryl methyl sites for hydroxylation is 2. The average molecular weight is 385 g/mol. The molecule has 3 aromatic rings. The minimum Gasteiger partial charge on any atom is -0.334 e. The largest absolute Gasteiger partial charge is 0.334 e. The maximum Gasteiger partial charge on any atom is 0.321 e. The summed E-state index contributed by atoms with van der Waals surface area (Å²) >= 11 is 6.15. The highest BCUT2D eigenvalue weighted by atomic mass is 35.5. The van der Waals surface area contributed by atoms with Gasteiger partial charge in [0.2, 0.25) is 0 Å². The van der Waals surface area contributed by atoms with Crippen LogP contribution in [0.3, 0.4) is 0 Å². The fraction of sp³-hybridized carbons (Fsp3) is 0.250. The van der Waals surface area contributed by atoms with Gasteiger partial charge in [-0.25, -0.2) is 4.79 Å². The zero-order valence-corrected chi connectivity index (χ0v) is 16.2. The second kappa shape index (κ2) is 8.22. The Hall–Kier alpha value is -2.86. The Balaban J connectivity index is 1.58. The molecule has 6 nitrogen and oxygen atoms in total. The number of likely N-dealkylation sites (N-methyl/N-ethyl adjacent to an activating group) is 1. The molecule has 0 bridgehead atoms. The molecule has 3 rings (SSSR count). The molecule has 140 valence electrons. The van der Waals surface area contributed by atoms with Crippen LogP contribution in [0.25, 0.3) is 11.5 Å². The Morgan fingerprint density at radius 2 is 1.89 bits per heavy atom. The third kappa shape index (κ3) is 4.86. The van der Waals surface area contributed by atoms with E-state index < -0.39 is 0 Å². The van der Waals surface area contributed by atoms with Crippen molar-refractivity contribution in [2.24, 2.45) is 0 Å². The van der Waals surface area contributed by atoms with Crippen LogP contribution in [-0.2, 0) is 6.42 Å². The van der Waals surface area contributed by atoms with Crippen LogP contribution in [0.1, 0.15) is 17.0 Å². The van der Waals surface area contributed by atoms with Crippen LogP contribution >= 0.6 is 11.6 Å². The van der Waals surface area contributed by atoms with E-state index in [0.717, 1.165) is 16.8 Å². The van der Waals surface area contributed by atoms with E-state index in [4.69, 9.17) is 16.1 Å². The van der Waals surface area contributed by atoms with E-state index in [-0.39, 0.29) is 6.03 Å². The molecule has 0 aliphatic rings. The first-order valence-electron chi connectivity index (χ1n) is 8.60. The summed E-state index contributed by atoms with van der Waals surface area (Å²) in [6.45, 7) is 4.45. The number of aromatic nitrogens is 2. The highest BCUT2D eigenvalue weighted by Gasteiger charge is 2.14. The number of amides is 2. The van der Waals surface area contributed by atoms with Crippen LogP contribution < -0.4 is 5.32 Å². The zero-order chi connectivity index (χ0) is 19.4. The Kier molecular flexibility index (Phi) is 5.76. The lowest BCUT2D eigenvalue weighted by Crippen LogP contribution is -2.33. The molecular formula is C20H21ClN4O2. The monoisotopic (exact) mass is 384 g/mol. The standard InChI is InChI=1S/C20H21ClN4O2/c1-13-10-14(2)12-15(11-13)22-20(26)25(3)9-8-18-23-19(27-24-18)16-6-4-5-7-17(16)21/h4-7,10-12H,8-9H2,1-3H3,(H,22,26). The van der Waals surface area contributed by atoms with Gasteiger partial charge in [0.05, 0.1) is 10.6 Å². The number of benzene rings is 2. The second-order valence-corrected chi connectivity index (χ2v) is 6.88. The molecule has 0 saturated heterocycles.